The molecule has 5 heteroatoms. The Morgan fingerprint density at radius 2 is 1.26 bits per heavy atom. The fourth-order valence-corrected chi connectivity index (χ4v) is 2.59. The second kappa shape index (κ2) is 7.35. The highest BCUT2D eigenvalue weighted by Crippen LogP contribution is 2.30. The molecule has 0 saturated heterocycles. The standard InChI is InChI=1S/C18H23N3O2/c1-19-7-9-22-13-3-5-15-16-6-4-14(23-10-8-20-2)12-18(16)21-17(15)11-13/h3-6,11-12,19-21H,7-10H2,1-2H3. The van der Waals surface area contributed by atoms with E-state index >= 15 is 0 Å². The molecule has 122 valence electrons. The van der Waals surface area contributed by atoms with Gasteiger partial charge >= 0.3 is 0 Å². The Bertz CT molecular complexity index is 718. The van der Waals surface area contributed by atoms with Crippen LogP contribution in [0.1, 0.15) is 0 Å². The average molecular weight is 313 g/mol. The normalized spacial score (nSPS) is 11.2. The van der Waals surface area contributed by atoms with Crippen LogP contribution in [0, 0.1) is 0 Å². The molecule has 5 nitrogen and oxygen atoms in total. The molecule has 0 aliphatic heterocycles. The number of hydrogen-bond acceptors (Lipinski definition) is 4. The van der Waals surface area contributed by atoms with Gasteiger partial charge in [0.15, 0.2) is 0 Å². The molecule has 0 saturated carbocycles. The predicted octanol–water partition coefficient (Wildman–Crippen LogP) is 2.52. The van der Waals surface area contributed by atoms with Crippen molar-refractivity contribution in [3.63, 3.8) is 0 Å². The molecule has 0 bridgehead atoms. The van der Waals surface area contributed by atoms with Crippen LogP contribution in [-0.2, 0) is 0 Å². The van der Waals surface area contributed by atoms with Gasteiger partial charge in [0.2, 0.25) is 0 Å². The maximum Gasteiger partial charge on any atom is 0.121 e. The number of ether oxygens (including phenoxy) is 2. The fourth-order valence-electron chi connectivity index (χ4n) is 2.59. The number of likely N-dealkylation sites (N-methyl/N-ethyl adjacent to an activating group) is 2. The average Bonchev–Trinajstić information content (AvgIpc) is 2.92. The number of aromatic nitrogens is 1. The minimum absolute atomic E-state index is 0.658. The van der Waals surface area contributed by atoms with Gasteiger partial charge in [-0.3, -0.25) is 0 Å². The third-order valence-electron chi connectivity index (χ3n) is 3.78. The van der Waals surface area contributed by atoms with Gasteiger partial charge in [-0.05, 0) is 38.4 Å². The molecule has 3 N–H and O–H groups in total. The van der Waals surface area contributed by atoms with E-state index in [0.717, 1.165) is 35.6 Å². The van der Waals surface area contributed by atoms with Crippen LogP contribution >= 0.6 is 0 Å². The van der Waals surface area contributed by atoms with Crippen molar-refractivity contribution in [2.24, 2.45) is 0 Å². The number of H-pyrrole nitrogens is 1. The SMILES string of the molecule is CNCCOc1ccc2c(c1)[nH]c1cc(OCCNC)ccc12. The molecule has 3 rings (SSSR count). The van der Waals surface area contributed by atoms with Gasteiger partial charge in [0, 0.05) is 36.0 Å². The minimum atomic E-state index is 0.658. The highest BCUT2D eigenvalue weighted by Gasteiger charge is 2.07. The van der Waals surface area contributed by atoms with Crippen LogP contribution in [0.4, 0.5) is 0 Å². The molecular weight excluding hydrogens is 290 g/mol. The number of hydrogen-bond donors (Lipinski definition) is 3. The van der Waals surface area contributed by atoms with Crippen molar-refractivity contribution in [3.05, 3.63) is 36.4 Å². The molecule has 0 amide bonds. The highest BCUT2D eigenvalue weighted by atomic mass is 16.5. The lowest BCUT2D eigenvalue weighted by molar-refractivity contribution is 0.319. The van der Waals surface area contributed by atoms with Gasteiger partial charge < -0.3 is 25.1 Å². The summed E-state index contributed by atoms with van der Waals surface area (Å²) in [7, 11) is 3.83. The lowest BCUT2D eigenvalue weighted by Crippen LogP contribution is -2.15. The van der Waals surface area contributed by atoms with E-state index in [9.17, 15) is 0 Å². The molecular formula is C18H23N3O2. The molecule has 0 fully saturated rings. The molecule has 0 atom stereocenters. The first kappa shape index (κ1) is 15.6. The Morgan fingerprint density at radius 1 is 0.783 bits per heavy atom. The molecule has 1 aromatic heterocycles. The Balaban J connectivity index is 1.84. The van der Waals surface area contributed by atoms with Crippen LogP contribution < -0.4 is 20.1 Å². The maximum absolute atomic E-state index is 5.73. The van der Waals surface area contributed by atoms with E-state index in [2.05, 4.69) is 27.8 Å². The van der Waals surface area contributed by atoms with Crippen LogP contribution in [0.25, 0.3) is 21.8 Å². The molecule has 1 heterocycles. The molecule has 0 aliphatic rings. The van der Waals surface area contributed by atoms with Crippen LogP contribution in [0.3, 0.4) is 0 Å². The van der Waals surface area contributed by atoms with Gasteiger partial charge in [-0.15, -0.1) is 0 Å². The van der Waals surface area contributed by atoms with Crippen molar-refractivity contribution in [2.75, 3.05) is 40.4 Å². The summed E-state index contributed by atoms with van der Waals surface area (Å²) >= 11 is 0. The topological polar surface area (TPSA) is 58.3 Å². The Hall–Kier alpha value is -2.24. The largest absolute Gasteiger partial charge is 0.492 e. The Morgan fingerprint density at radius 3 is 1.70 bits per heavy atom. The van der Waals surface area contributed by atoms with Crippen LogP contribution in [0.2, 0.25) is 0 Å². The smallest absolute Gasteiger partial charge is 0.121 e. The predicted molar refractivity (Wildman–Crippen MR) is 94.6 cm³/mol. The third-order valence-corrected chi connectivity index (χ3v) is 3.78. The van der Waals surface area contributed by atoms with Crippen LogP contribution in [-0.4, -0.2) is 45.4 Å². The number of aromatic amines is 1. The van der Waals surface area contributed by atoms with Gasteiger partial charge in [-0.2, -0.15) is 0 Å². The summed E-state index contributed by atoms with van der Waals surface area (Å²) in [6.45, 7) is 2.98. The summed E-state index contributed by atoms with van der Waals surface area (Å²) in [6, 6.07) is 12.3. The second-order valence-corrected chi connectivity index (χ2v) is 5.44. The highest BCUT2D eigenvalue weighted by molar-refractivity contribution is 6.07. The molecule has 3 aromatic rings. The molecule has 0 radical (unpaired) electrons. The summed E-state index contributed by atoms with van der Waals surface area (Å²) in [5, 5.41) is 8.54. The van der Waals surface area contributed by atoms with E-state index in [0.29, 0.717) is 13.2 Å². The van der Waals surface area contributed by atoms with Crippen LogP contribution in [0.15, 0.2) is 36.4 Å². The van der Waals surface area contributed by atoms with Gasteiger partial charge in [-0.25, -0.2) is 0 Å². The van der Waals surface area contributed by atoms with E-state index < -0.39 is 0 Å². The molecule has 2 aromatic carbocycles. The van der Waals surface area contributed by atoms with Gasteiger partial charge in [0.25, 0.3) is 0 Å². The monoisotopic (exact) mass is 313 g/mol. The lowest BCUT2D eigenvalue weighted by atomic mass is 10.1. The molecule has 0 aliphatic carbocycles. The Kier molecular flexibility index (Phi) is 5.00. The van der Waals surface area contributed by atoms with Crippen molar-refractivity contribution in [1.29, 1.82) is 0 Å². The molecule has 23 heavy (non-hydrogen) atoms. The zero-order valence-electron chi connectivity index (χ0n) is 13.6. The van der Waals surface area contributed by atoms with E-state index in [1.54, 1.807) is 0 Å². The van der Waals surface area contributed by atoms with Crippen molar-refractivity contribution in [1.82, 2.24) is 15.6 Å². The van der Waals surface area contributed by atoms with Gasteiger partial charge in [0.05, 0.1) is 11.0 Å². The first-order chi connectivity index (χ1) is 11.3. The van der Waals surface area contributed by atoms with E-state index in [-0.39, 0.29) is 0 Å². The van der Waals surface area contributed by atoms with Gasteiger partial charge in [-0.1, -0.05) is 0 Å². The molecule has 0 unspecified atom stereocenters. The van der Waals surface area contributed by atoms with Crippen molar-refractivity contribution in [2.45, 2.75) is 0 Å². The summed E-state index contributed by atoms with van der Waals surface area (Å²) in [5.41, 5.74) is 2.16. The second-order valence-electron chi connectivity index (χ2n) is 5.44. The Labute approximate surface area is 136 Å². The quantitative estimate of drug-likeness (QED) is 0.559. The van der Waals surface area contributed by atoms with Crippen molar-refractivity contribution < 1.29 is 9.47 Å². The summed E-state index contributed by atoms with van der Waals surface area (Å²) in [4.78, 5) is 3.45. The van der Waals surface area contributed by atoms with Crippen molar-refractivity contribution >= 4 is 21.8 Å². The number of rotatable bonds is 8. The lowest BCUT2D eigenvalue weighted by Gasteiger charge is -2.05. The van der Waals surface area contributed by atoms with E-state index in [4.69, 9.17) is 9.47 Å². The van der Waals surface area contributed by atoms with E-state index in [1.165, 1.54) is 10.8 Å². The van der Waals surface area contributed by atoms with Gasteiger partial charge in [0.1, 0.15) is 24.7 Å². The maximum atomic E-state index is 5.73. The fraction of sp³-hybridized carbons (Fsp3) is 0.333. The zero-order chi connectivity index (χ0) is 16.1. The number of fused-ring (bicyclic) bond motifs is 3. The first-order valence-corrected chi connectivity index (χ1v) is 7.92. The third kappa shape index (κ3) is 3.57. The van der Waals surface area contributed by atoms with Crippen molar-refractivity contribution in [3.8, 4) is 11.5 Å². The number of benzene rings is 2. The summed E-state index contributed by atoms with van der Waals surface area (Å²) in [5.74, 6) is 1.76. The minimum Gasteiger partial charge on any atom is -0.492 e. The number of nitrogens with one attached hydrogen (secondary N) is 3. The van der Waals surface area contributed by atoms with Crippen LogP contribution in [0.5, 0.6) is 11.5 Å². The zero-order valence-corrected chi connectivity index (χ0v) is 13.6. The first-order valence-electron chi connectivity index (χ1n) is 7.92. The summed E-state index contributed by atoms with van der Waals surface area (Å²) < 4.78 is 11.5. The van der Waals surface area contributed by atoms with E-state index in [1.807, 2.05) is 38.4 Å². The molecule has 0 spiro atoms. The summed E-state index contributed by atoms with van der Waals surface area (Å²) in [6.07, 6.45) is 0.